The van der Waals surface area contributed by atoms with Crippen molar-refractivity contribution in [3.05, 3.63) is 34.9 Å². The lowest BCUT2D eigenvalue weighted by molar-refractivity contribution is -0.144. The molecule has 0 aliphatic rings. The first-order valence-electron chi connectivity index (χ1n) is 5.76. The summed E-state index contributed by atoms with van der Waals surface area (Å²) in [5.41, 5.74) is 0.794. The second-order valence-corrected chi connectivity index (χ2v) is 4.44. The number of carbonyl (C=O) groups is 2. The first kappa shape index (κ1) is 15.5. The summed E-state index contributed by atoms with van der Waals surface area (Å²) in [5, 5.41) is 9.38. The zero-order valence-electron chi connectivity index (χ0n) is 10.6. The molecule has 0 fully saturated rings. The second kappa shape index (κ2) is 7.76. The zero-order chi connectivity index (χ0) is 14.3. The van der Waals surface area contributed by atoms with Gasteiger partial charge in [-0.25, -0.2) is 0 Å². The molecule has 1 amide bonds. The molecule has 0 aliphatic carbocycles. The number of halogens is 1. The lowest BCUT2D eigenvalue weighted by Gasteiger charge is -2.20. The van der Waals surface area contributed by atoms with E-state index in [9.17, 15) is 9.59 Å². The highest BCUT2D eigenvalue weighted by atomic mass is 35.5. The summed E-state index contributed by atoms with van der Waals surface area (Å²) in [6, 6.07) is 6.88. The minimum absolute atomic E-state index is 0.147. The van der Waals surface area contributed by atoms with E-state index in [1.807, 2.05) is 0 Å². The van der Waals surface area contributed by atoms with E-state index in [0.29, 0.717) is 11.6 Å². The first-order valence-corrected chi connectivity index (χ1v) is 6.13. The third kappa shape index (κ3) is 5.72. The van der Waals surface area contributed by atoms with Gasteiger partial charge in [-0.3, -0.25) is 9.59 Å². The largest absolute Gasteiger partial charge is 0.480 e. The van der Waals surface area contributed by atoms with Crippen molar-refractivity contribution in [1.82, 2.24) is 4.90 Å². The molecule has 0 bridgehead atoms. The van der Waals surface area contributed by atoms with Crippen LogP contribution < -0.4 is 0 Å². The van der Waals surface area contributed by atoms with Gasteiger partial charge in [-0.2, -0.15) is 0 Å². The molecule has 5 nitrogen and oxygen atoms in total. The number of carboxylic acids is 1. The molecule has 0 aliphatic heterocycles. The Hall–Kier alpha value is -1.59. The standard InChI is InChI=1S/C13H16ClNO4/c1-19-7-6-15(9-13(17)18)12(16)8-10-2-4-11(14)5-3-10/h2-5H,6-9H2,1H3,(H,17,18). The maximum absolute atomic E-state index is 12.0. The highest BCUT2D eigenvalue weighted by Crippen LogP contribution is 2.10. The Bertz CT molecular complexity index is 433. The van der Waals surface area contributed by atoms with Crippen LogP contribution in [0.5, 0.6) is 0 Å². The van der Waals surface area contributed by atoms with Crippen molar-refractivity contribution in [2.75, 3.05) is 26.8 Å². The fourth-order valence-electron chi connectivity index (χ4n) is 1.55. The molecule has 19 heavy (non-hydrogen) atoms. The Morgan fingerprint density at radius 2 is 1.95 bits per heavy atom. The maximum Gasteiger partial charge on any atom is 0.323 e. The number of aliphatic carboxylic acids is 1. The van der Waals surface area contributed by atoms with Crippen molar-refractivity contribution in [2.45, 2.75) is 6.42 Å². The summed E-state index contributed by atoms with van der Waals surface area (Å²) >= 11 is 5.76. The number of carbonyl (C=O) groups excluding carboxylic acids is 1. The third-order valence-corrected chi connectivity index (χ3v) is 2.76. The van der Waals surface area contributed by atoms with Gasteiger partial charge in [0.05, 0.1) is 13.0 Å². The fourth-order valence-corrected chi connectivity index (χ4v) is 1.67. The molecule has 6 heteroatoms. The van der Waals surface area contributed by atoms with Gasteiger partial charge in [0.25, 0.3) is 0 Å². The van der Waals surface area contributed by atoms with Crippen molar-refractivity contribution in [2.24, 2.45) is 0 Å². The van der Waals surface area contributed by atoms with Crippen LogP contribution >= 0.6 is 11.6 Å². The number of nitrogens with zero attached hydrogens (tertiary/aromatic N) is 1. The number of benzene rings is 1. The molecule has 0 radical (unpaired) electrons. The summed E-state index contributed by atoms with van der Waals surface area (Å²) in [7, 11) is 1.50. The Morgan fingerprint density at radius 1 is 1.32 bits per heavy atom. The van der Waals surface area contributed by atoms with Gasteiger partial charge in [-0.05, 0) is 17.7 Å². The van der Waals surface area contributed by atoms with Crippen molar-refractivity contribution in [3.63, 3.8) is 0 Å². The van der Waals surface area contributed by atoms with E-state index in [1.54, 1.807) is 24.3 Å². The van der Waals surface area contributed by atoms with Gasteiger partial charge in [0.2, 0.25) is 5.91 Å². The van der Waals surface area contributed by atoms with Crippen LogP contribution in [0, 0.1) is 0 Å². The predicted octanol–water partition coefficient (Wildman–Crippen LogP) is 1.44. The molecule has 1 rings (SSSR count). The normalized spacial score (nSPS) is 10.2. The quantitative estimate of drug-likeness (QED) is 0.823. The molecular formula is C13H16ClNO4. The highest BCUT2D eigenvalue weighted by molar-refractivity contribution is 6.30. The zero-order valence-corrected chi connectivity index (χ0v) is 11.4. The van der Waals surface area contributed by atoms with E-state index in [1.165, 1.54) is 12.0 Å². The number of methoxy groups -OCH3 is 1. The monoisotopic (exact) mass is 285 g/mol. The first-order chi connectivity index (χ1) is 9.02. The molecule has 0 atom stereocenters. The van der Waals surface area contributed by atoms with Crippen LogP contribution in [0.1, 0.15) is 5.56 Å². The number of rotatable bonds is 7. The topological polar surface area (TPSA) is 66.8 Å². The average molecular weight is 286 g/mol. The summed E-state index contributed by atoms with van der Waals surface area (Å²) in [6.07, 6.45) is 0.147. The number of hydrogen-bond acceptors (Lipinski definition) is 3. The molecule has 0 heterocycles. The Labute approximate surface area is 116 Å². The Kier molecular flexibility index (Phi) is 6.32. The molecule has 1 aromatic rings. The Morgan fingerprint density at radius 3 is 2.47 bits per heavy atom. The summed E-state index contributed by atoms with van der Waals surface area (Å²) in [5.74, 6) is -1.29. The highest BCUT2D eigenvalue weighted by Gasteiger charge is 2.16. The number of carboxylic acid groups (broad SMARTS) is 1. The Balaban J connectivity index is 2.64. The van der Waals surface area contributed by atoms with Crippen molar-refractivity contribution >= 4 is 23.5 Å². The van der Waals surface area contributed by atoms with Crippen LogP contribution in [0.15, 0.2) is 24.3 Å². The second-order valence-electron chi connectivity index (χ2n) is 4.01. The van der Waals surface area contributed by atoms with Crippen LogP contribution in [0.25, 0.3) is 0 Å². The van der Waals surface area contributed by atoms with Crippen molar-refractivity contribution in [1.29, 1.82) is 0 Å². The van der Waals surface area contributed by atoms with Gasteiger partial charge in [-0.1, -0.05) is 23.7 Å². The van der Waals surface area contributed by atoms with Crippen LogP contribution in [0.3, 0.4) is 0 Å². The van der Waals surface area contributed by atoms with Gasteiger partial charge >= 0.3 is 5.97 Å². The lowest BCUT2D eigenvalue weighted by Crippen LogP contribution is -2.38. The van der Waals surface area contributed by atoms with Gasteiger partial charge in [0.15, 0.2) is 0 Å². The van der Waals surface area contributed by atoms with E-state index in [0.717, 1.165) is 5.56 Å². The summed E-state index contributed by atoms with van der Waals surface area (Å²) in [6.45, 7) is 0.241. The molecule has 1 N–H and O–H groups in total. The van der Waals surface area contributed by atoms with Crippen LogP contribution in [0.2, 0.25) is 5.02 Å². The molecule has 1 aromatic carbocycles. The van der Waals surface area contributed by atoms with E-state index < -0.39 is 5.97 Å². The van der Waals surface area contributed by atoms with Crippen LogP contribution in [0.4, 0.5) is 0 Å². The summed E-state index contributed by atoms with van der Waals surface area (Å²) in [4.78, 5) is 24.0. The smallest absolute Gasteiger partial charge is 0.323 e. The van der Waals surface area contributed by atoms with E-state index in [-0.39, 0.29) is 25.4 Å². The van der Waals surface area contributed by atoms with E-state index in [4.69, 9.17) is 21.4 Å². The van der Waals surface area contributed by atoms with Crippen molar-refractivity contribution in [3.8, 4) is 0 Å². The SMILES string of the molecule is COCCN(CC(=O)O)C(=O)Cc1ccc(Cl)cc1. The van der Waals surface area contributed by atoms with E-state index in [2.05, 4.69) is 0 Å². The van der Waals surface area contributed by atoms with Crippen LogP contribution in [-0.2, 0) is 20.7 Å². The van der Waals surface area contributed by atoms with Crippen molar-refractivity contribution < 1.29 is 19.4 Å². The van der Waals surface area contributed by atoms with Crippen LogP contribution in [-0.4, -0.2) is 48.7 Å². The predicted molar refractivity (Wildman–Crippen MR) is 71.2 cm³/mol. The molecule has 0 saturated heterocycles. The van der Waals surface area contributed by atoms with Gasteiger partial charge in [-0.15, -0.1) is 0 Å². The number of hydrogen-bond donors (Lipinski definition) is 1. The van der Waals surface area contributed by atoms with Gasteiger partial charge in [0, 0.05) is 18.7 Å². The van der Waals surface area contributed by atoms with Gasteiger partial charge in [0.1, 0.15) is 6.54 Å². The van der Waals surface area contributed by atoms with E-state index >= 15 is 0 Å². The molecule has 0 saturated carbocycles. The molecule has 0 aromatic heterocycles. The number of amides is 1. The lowest BCUT2D eigenvalue weighted by atomic mass is 10.1. The minimum Gasteiger partial charge on any atom is -0.480 e. The molecular weight excluding hydrogens is 270 g/mol. The third-order valence-electron chi connectivity index (χ3n) is 2.51. The van der Waals surface area contributed by atoms with Gasteiger partial charge < -0.3 is 14.7 Å². The molecule has 0 spiro atoms. The fraction of sp³-hybridized carbons (Fsp3) is 0.385. The number of ether oxygens (including phenoxy) is 1. The average Bonchev–Trinajstić information content (AvgIpc) is 2.36. The molecule has 0 unspecified atom stereocenters. The summed E-state index contributed by atoms with van der Waals surface area (Å²) < 4.78 is 4.87. The maximum atomic E-state index is 12.0. The molecule has 104 valence electrons. The minimum atomic E-state index is -1.04.